The SMILES string of the molecule is Cc1ccc(NC(=O)c2cnn3c2NC2=C(C(=O)CC(C)(C)C2)[C@H]3c2ccccc2)cc1C. The van der Waals surface area contributed by atoms with Crippen LogP contribution in [-0.2, 0) is 4.79 Å². The molecule has 6 nitrogen and oxygen atoms in total. The van der Waals surface area contributed by atoms with Gasteiger partial charge in [0.25, 0.3) is 5.91 Å². The number of carbonyl (C=O) groups is 2. The number of fused-ring (bicyclic) bond motifs is 1. The van der Waals surface area contributed by atoms with Crippen LogP contribution in [0.2, 0.25) is 0 Å². The minimum absolute atomic E-state index is 0.130. The fourth-order valence-corrected chi connectivity index (χ4v) is 4.84. The zero-order valence-corrected chi connectivity index (χ0v) is 19.4. The van der Waals surface area contributed by atoms with Crippen LogP contribution in [0.3, 0.4) is 0 Å². The van der Waals surface area contributed by atoms with Crippen molar-refractivity contribution in [3.8, 4) is 0 Å². The van der Waals surface area contributed by atoms with Gasteiger partial charge in [0, 0.05) is 23.4 Å². The van der Waals surface area contributed by atoms with Crippen LogP contribution in [0.5, 0.6) is 0 Å². The maximum atomic E-state index is 13.3. The third-order valence-corrected chi connectivity index (χ3v) is 6.63. The summed E-state index contributed by atoms with van der Waals surface area (Å²) in [4.78, 5) is 26.5. The first-order valence-corrected chi connectivity index (χ1v) is 11.3. The molecule has 0 saturated heterocycles. The van der Waals surface area contributed by atoms with Crippen molar-refractivity contribution < 1.29 is 9.59 Å². The molecule has 5 rings (SSSR count). The van der Waals surface area contributed by atoms with E-state index in [1.54, 1.807) is 10.9 Å². The van der Waals surface area contributed by atoms with Crippen molar-refractivity contribution in [3.05, 3.63) is 88.3 Å². The molecule has 1 aromatic heterocycles. The van der Waals surface area contributed by atoms with E-state index in [-0.39, 0.29) is 23.1 Å². The van der Waals surface area contributed by atoms with Gasteiger partial charge < -0.3 is 10.6 Å². The van der Waals surface area contributed by atoms with Gasteiger partial charge in [0.2, 0.25) is 0 Å². The molecule has 168 valence electrons. The van der Waals surface area contributed by atoms with Crippen LogP contribution in [-0.4, -0.2) is 21.5 Å². The number of aromatic nitrogens is 2. The van der Waals surface area contributed by atoms with Gasteiger partial charge in [-0.2, -0.15) is 5.10 Å². The van der Waals surface area contributed by atoms with Crippen molar-refractivity contribution in [2.75, 3.05) is 10.6 Å². The molecular formula is C27H28N4O2. The van der Waals surface area contributed by atoms with Crippen molar-refractivity contribution in [2.24, 2.45) is 5.41 Å². The van der Waals surface area contributed by atoms with E-state index in [9.17, 15) is 9.59 Å². The molecule has 0 saturated carbocycles. The second-order valence-corrected chi connectivity index (χ2v) is 9.88. The zero-order valence-electron chi connectivity index (χ0n) is 19.4. The van der Waals surface area contributed by atoms with Crippen LogP contribution in [0.1, 0.15) is 59.8 Å². The summed E-state index contributed by atoms with van der Waals surface area (Å²) in [5, 5.41) is 11.0. The number of anilines is 2. The largest absolute Gasteiger partial charge is 0.343 e. The molecule has 0 unspecified atom stereocenters. The van der Waals surface area contributed by atoms with Gasteiger partial charge >= 0.3 is 0 Å². The molecule has 0 spiro atoms. The number of ketones is 1. The Kier molecular flexibility index (Phi) is 4.96. The van der Waals surface area contributed by atoms with Gasteiger partial charge in [0.1, 0.15) is 17.4 Å². The molecule has 1 aliphatic carbocycles. The molecule has 1 amide bonds. The van der Waals surface area contributed by atoms with Crippen LogP contribution < -0.4 is 10.6 Å². The van der Waals surface area contributed by atoms with E-state index in [1.165, 1.54) is 5.56 Å². The predicted octanol–water partition coefficient (Wildman–Crippen LogP) is 5.41. The third-order valence-electron chi connectivity index (χ3n) is 6.63. The molecule has 3 aromatic rings. The number of aryl methyl sites for hydroxylation is 2. The lowest BCUT2D eigenvalue weighted by Crippen LogP contribution is -2.36. The Morgan fingerprint density at radius 3 is 2.58 bits per heavy atom. The molecule has 2 heterocycles. The minimum atomic E-state index is -0.357. The van der Waals surface area contributed by atoms with E-state index in [4.69, 9.17) is 0 Å². The van der Waals surface area contributed by atoms with Gasteiger partial charge in [-0.1, -0.05) is 50.2 Å². The number of carbonyl (C=O) groups excluding carboxylic acids is 2. The summed E-state index contributed by atoms with van der Waals surface area (Å²) >= 11 is 0. The summed E-state index contributed by atoms with van der Waals surface area (Å²) in [6, 6.07) is 15.4. The quantitative estimate of drug-likeness (QED) is 0.571. The maximum absolute atomic E-state index is 13.3. The standard InChI is InChI=1S/C27H28N4O2/c1-16-10-11-19(12-17(16)2)29-26(33)20-15-28-31-24(18-8-6-5-7-9-18)23-21(30-25(20)31)13-27(3,4)14-22(23)32/h5-12,15,24,30H,13-14H2,1-4H3,(H,29,33)/t24-/m1/s1. The van der Waals surface area contributed by atoms with Crippen LogP contribution in [0.4, 0.5) is 11.5 Å². The van der Waals surface area contributed by atoms with Crippen LogP contribution in [0.15, 0.2) is 66.0 Å². The first-order chi connectivity index (χ1) is 15.7. The first-order valence-electron chi connectivity index (χ1n) is 11.3. The average molecular weight is 441 g/mol. The van der Waals surface area contributed by atoms with Gasteiger partial charge in [-0.05, 0) is 54.5 Å². The smallest absolute Gasteiger partial charge is 0.261 e. The van der Waals surface area contributed by atoms with Crippen molar-refractivity contribution in [2.45, 2.75) is 46.6 Å². The highest BCUT2D eigenvalue weighted by molar-refractivity contribution is 6.08. The number of hydrogen-bond donors (Lipinski definition) is 2. The Morgan fingerprint density at radius 2 is 1.85 bits per heavy atom. The van der Waals surface area contributed by atoms with E-state index in [0.717, 1.165) is 34.5 Å². The normalized spacial score (nSPS) is 18.9. The minimum Gasteiger partial charge on any atom is -0.343 e. The Bertz CT molecular complexity index is 1300. The molecular weight excluding hydrogens is 412 g/mol. The lowest BCUT2D eigenvalue weighted by molar-refractivity contribution is -0.118. The fourth-order valence-electron chi connectivity index (χ4n) is 4.84. The van der Waals surface area contributed by atoms with E-state index in [0.29, 0.717) is 17.8 Å². The summed E-state index contributed by atoms with van der Waals surface area (Å²) in [5.41, 5.74) is 5.95. The third kappa shape index (κ3) is 3.75. The van der Waals surface area contributed by atoms with Crippen molar-refractivity contribution in [3.63, 3.8) is 0 Å². The molecule has 1 aliphatic heterocycles. The molecule has 0 bridgehead atoms. The number of Topliss-reactive ketones (excluding diaryl/α,β-unsaturated/α-hetero) is 1. The highest BCUT2D eigenvalue weighted by Gasteiger charge is 2.42. The number of nitrogens with zero attached hydrogens (tertiary/aromatic N) is 2. The van der Waals surface area contributed by atoms with E-state index >= 15 is 0 Å². The summed E-state index contributed by atoms with van der Waals surface area (Å²) < 4.78 is 1.78. The van der Waals surface area contributed by atoms with Gasteiger partial charge in [-0.25, -0.2) is 4.68 Å². The molecule has 0 fully saturated rings. The van der Waals surface area contributed by atoms with Gasteiger partial charge in [0.15, 0.2) is 5.78 Å². The Morgan fingerprint density at radius 1 is 1.09 bits per heavy atom. The van der Waals surface area contributed by atoms with Crippen molar-refractivity contribution in [1.82, 2.24) is 9.78 Å². The van der Waals surface area contributed by atoms with Crippen LogP contribution >= 0.6 is 0 Å². The number of amides is 1. The topological polar surface area (TPSA) is 76.0 Å². The number of nitrogens with one attached hydrogen (secondary N) is 2. The molecule has 2 aliphatic rings. The number of hydrogen-bond acceptors (Lipinski definition) is 4. The second-order valence-electron chi connectivity index (χ2n) is 9.88. The average Bonchev–Trinajstić information content (AvgIpc) is 3.18. The van der Waals surface area contributed by atoms with E-state index in [2.05, 4.69) is 29.6 Å². The van der Waals surface area contributed by atoms with Gasteiger partial charge in [-0.3, -0.25) is 9.59 Å². The Hall–Kier alpha value is -3.67. The molecule has 6 heteroatoms. The molecule has 1 atom stereocenters. The first kappa shape index (κ1) is 21.2. The Labute approximate surface area is 193 Å². The molecule has 0 radical (unpaired) electrons. The summed E-state index contributed by atoms with van der Waals surface area (Å²) in [6.07, 6.45) is 2.82. The number of rotatable bonds is 3. The van der Waals surface area contributed by atoms with Gasteiger partial charge in [-0.15, -0.1) is 0 Å². The number of allylic oxidation sites excluding steroid dienone is 2. The molecule has 2 N–H and O–H groups in total. The predicted molar refractivity (Wildman–Crippen MR) is 129 cm³/mol. The summed E-state index contributed by atoms with van der Waals surface area (Å²) in [6.45, 7) is 8.27. The fraction of sp³-hybridized carbons (Fsp3) is 0.296. The highest BCUT2D eigenvalue weighted by atomic mass is 16.1. The lowest BCUT2D eigenvalue weighted by Gasteiger charge is -2.39. The summed E-state index contributed by atoms with van der Waals surface area (Å²) in [7, 11) is 0. The van der Waals surface area contributed by atoms with E-state index in [1.807, 2.05) is 62.4 Å². The van der Waals surface area contributed by atoms with E-state index < -0.39 is 0 Å². The van der Waals surface area contributed by atoms with Crippen LogP contribution in [0, 0.1) is 19.3 Å². The monoisotopic (exact) mass is 440 g/mol. The van der Waals surface area contributed by atoms with Gasteiger partial charge in [0.05, 0.1) is 6.20 Å². The molecule has 33 heavy (non-hydrogen) atoms. The van der Waals surface area contributed by atoms with Crippen LogP contribution in [0.25, 0.3) is 0 Å². The summed E-state index contributed by atoms with van der Waals surface area (Å²) in [5.74, 6) is 0.517. The second kappa shape index (κ2) is 7.73. The zero-order chi connectivity index (χ0) is 23.3. The maximum Gasteiger partial charge on any atom is 0.261 e. The Balaban J connectivity index is 1.57. The lowest BCUT2D eigenvalue weighted by atomic mass is 9.73. The molecule has 2 aromatic carbocycles. The number of benzene rings is 2. The van der Waals surface area contributed by atoms with Crippen molar-refractivity contribution in [1.29, 1.82) is 0 Å². The highest BCUT2D eigenvalue weighted by Crippen LogP contribution is 2.46. The van der Waals surface area contributed by atoms with Crippen molar-refractivity contribution >= 4 is 23.2 Å².